The van der Waals surface area contributed by atoms with E-state index in [1.807, 2.05) is 26.0 Å². The third kappa shape index (κ3) is 2.93. The summed E-state index contributed by atoms with van der Waals surface area (Å²) in [5, 5.41) is 2.89. The Labute approximate surface area is 189 Å². The van der Waals surface area contributed by atoms with Crippen molar-refractivity contribution in [1.82, 2.24) is 4.90 Å². The SMILES string of the molecule is Cc1cc(NC(=O)[C@@H](C)N2C(=O)[C@H]3[C@@H]4C[C@H]([C@@H](Br)[C@H]4Br)[C@@H]3C2=O)c(C)cc1Br. The van der Waals surface area contributed by atoms with Gasteiger partial charge in [-0.2, -0.15) is 0 Å². The second kappa shape index (κ2) is 7.20. The molecule has 2 saturated carbocycles. The molecule has 3 fully saturated rings. The van der Waals surface area contributed by atoms with Gasteiger partial charge in [0.1, 0.15) is 6.04 Å². The second-order valence-electron chi connectivity index (χ2n) is 8.13. The number of carbonyl (C=O) groups is 3. The maximum absolute atomic E-state index is 13.1. The first kappa shape index (κ1) is 20.5. The first-order chi connectivity index (χ1) is 13.1. The van der Waals surface area contributed by atoms with Gasteiger partial charge in [-0.3, -0.25) is 19.3 Å². The number of hydrogen-bond acceptors (Lipinski definition) is 3. The van der Waals surface area contributed by atoms with E-state index >= 15 is 0 Å². The summed E-state index contributed by atoms with van der Waals surface area (Å²) < 4.78 is 0.970. The van der Waals surface area contributed by atoms with Gasteiger partial charge in [0.05, 0.1) is 11.8 Å². The molecule has 3 aliphatic rings. The molecule has 0 unspecified atom stereocenters. The van der Waals surface area contributed by atoms with Crippen LogP contribution in [0, 0.1) is 37.5 Å². The Bertz CT molecular complexity index is 858. The van der Waals surface area contributed by atoms with Crippen molar-refractivity contribution in [1.29, 1.82) is 0 Å². The molecule has 2 bridgehead atoms. The van der Waals surface area contributed by atoms with Gasteiger partial charge in [0, 0.05) is 19.8 Å². The van der Waals surface area contributed by atoms with E-state index in [0.29, 0.717) is 5.69 Å². The number of nitrogens with zero attached hydrogens (tertiary/aromatic N) is 1. The van der Waals surface area contributed by atoms with Crippen LogP contribution in [0.2, 0.25) is 0 Å². The monoisotopic (exact) mass is 574 g/mol. The van der Waals surface area contributed by atoms with Crippen molar-refractivity contribution < 1.29 is 14.4 Å². The number of carbonyl (C=O) groups excluding carboxylic acids is 3. The molecule has 3 amide bonds. The molecule has 0 aromatic heterocycles. The van der Waals surface area contributed by atoms with E-state index in [0.717, 1.165) is 22.0 Å². The van der Waals surface area contributed by atoms with E-state index in [9.17, 15) is 14.4 Å². The average Bonchev–Trinajstić information content (AvgIpc) is 3.24. The number of benzene rings is 1. The third-order valence-electron chi connectivity index (χ3n) is 6.55. The highest BCUT2D eigenvalue weighted by Gasteiger charge is 2.67. The summed E-state index contributed by atoms with van der Waals surface area (Å²) in [7, 11) is 0. The van der Waals surface area contributed by atoms with Crippen LogP contribution in [0.4, 0.5) is 5.69 Å². The summed E-state index contributed by atoms with van der Waals surface area (Å²) in [5.74, 6) is -1.05. The molecule has 7 atom stereocenters. The molecule has 0 radical (unpaired) electrons. The van der Waals surface area contributed by atoms with Crippen molar-refractivity contribution in [3.63, 3.8) is 0 Å². The Morgan fingerprint density at radius 1 is 1.07 bits per heavy atom. The zero-order valence-corrected chi connectivity index (χ0v) is 20.5. The Kier molecular flexibility index (Phi) is 5.28. The van der Waals surface area contributed by atoms with Gasteiger partial charge in [-0.1, -0.05) is 47.8 Å². The van der Waals surface area contributed by atoms with Crippen molar-refractivity contribution in [2.45, 2.75) is 42.9 Å². The third-order valence-corrected chi connectivity index (χ3v) is 10.6. The number of alkyl halides is 2. The van der Waals surface area contributed by atoms with Gasteiger partial charge in [0.25, 0.3) is 0 Å². The van der Waals surface area contributed by atoms with Gasteiger partial charge in [0.15, 0.2) is 0 Å². The van der Waals surface area contributed by atoms with Crippen LogP contribution in [0.3, 0.4) is 0 Å². The molecule has 150 valence electrons. The summed E-state index contributed by atoms with van der Waals surface area (Å²) in [6.45, 7) is 5.48. The van der Waals surface area contributed by atoms with Crippen molar-refractivity contribution in [2.75, 3.05) is 5.32 Å². The molecule has 1 aliphatic heterocycles. The van der Waals surface area contributed by atoms with Gasteiger partial charge in [-0.15, -0.1) is 0 Å². The summed E-state index contributed by atoms with van der Waals surface area (Å²) in [6.07, 6.45) is 0.879. The highest BCUT2D eigenvalue weighted by molar-refractivity contribution is 9.12. The molecule has 8 heteroatoms. The Hall–Kier alpha value is -0.730. The minimum absolute atomic E-state index is 0.146. The number of nitrogens with one attached hydrogen (secondary N) is 1. The van der Waals surface area contributed by atoms with Crippen LogP contribution in [0.15, 0.2) is 16.6 Å². The summed E-state index contributed by atoms with van der Waals surface area (Å²) in [6, 6.07) is 2.99. The van der Waals surface area contributed by atoms with Gasteiger partial charge in [-0.05, 0) is 62.3 Å². The number of amides is 3. The van der Waals surface area contributed by atoms with E-state index in [2.05, 4.69) is 53.1 Å². The lowest BCUT2D eigenvalue weighted by Gasteiger charge is -2.28. The predicted molar refractivity (Wildman–Crippen MR) is 118 cm³/mol. The molecule has 1 aromatic rings. The molecule has 2 aliphatic carbocycles. The van der Waals surface area contributed by atoms with E-state index < -0.39 is 6.04 Å². The maximum atomic E-state index is 13.1. The number of likely N-dealkylation sites (tertiary alicyclic amines) is 1. The zero-order chi connectivity index (χ0) is 20.5. The highest BCUT2D eigenvalue weighted by atomic mass is 79.9. The molecule has 1 heterocycles. The largest absolute Gasteiger partial charge is 0.324 e. The number of fused-ring (bicyclic) bond motifs is 5. The number of imide groups is 1. The molecule has 4 rings (SSSR count). The molecule has 0 spiro atoms. The summed E-state index contributed by atoms with van der Waals surface area (Å²) in [4.78, 5) is 40.6. The fourth-order valence-electron chi connectivity index (χ4n) is 5.02. The number of anilines is 1. The average molecular weight is 577 g/mol. The second-order valence-corrected chi connectivity index (χ2v) is 11.1. The lowest BCUT2D eigenvalue weighted by atomic mass is 9.81. The fraction of sp³-hybridized carbons (Fsp3) is 0.550. The zero-order valence-electron chi connectivity index (χ0n) is 15.7. The quantitative estimate of drug-likeness (QED) is 0.434. The predicted octanol–water partition coefficient (Wildman–Crippen LogP) is 4.17. The van der Waals surface area contributed by atoms with Crippen LogP contribution in [0.5, 0.6) is 0 Å². The van der Waals surface area contributed by atoms with Crippen LogP contribution in [0.1, 0.15) is 24.5 Å². The lowest BCUT2D eigenvalue weighted by molar-refractivity contribution is -0.146. The molecule has 28 heavy (non-hydrogen) atoms. The first-order valence-corrected chi connectivity index (χ1v) is 12.0. The number of rotatable bonds is 3. The van der Waals surface area contributed by atoms with E-state index in [1.165, 1.54) is 4.90 Å². The minimum Gasteiger partial charge on any atom is -0.324 e. The van der Waals surface area contributed by atoms with E-state index in [-0.39, 0.29) is 51.0 Å². The summed E-state index contributed by atoms with van der Waals surface area (Å²) >= 11 is 10.8. The topological polar surface area (TPSA) is 66.5 Å². The Balaban J connectivity index is 1.55. The Morgan fingerprint density at radius 3 is 2.14 bits per heavy atom. The lowest BCUT2D eigenvalue weighted by Crippen LogP contribution is -2.46. The molecule has 5 nitrogen and oxygen atoms in total. The van der Waals surface area contributed by atoms with E-state index in [4.69, 9.17) is 0 Å². The highest BCUT2D eigenvalue weighted by Crippen LogP contribution is 2.60. The smallest absolute Gasteiger partial charge is 0.247 e. The van der Waals surface area contributed by atoms with Crippen molar-refractivity contribution in [3.8, 4) is 0 Å². The molecule has 1 saturated heterocycles. The van der Waals surface area contributed by atoms with Gasteiger partial charge >= 0.3 is 0 Å². The number of halogens is 3. The number of hydrogen-bond donors (Lipinski definition) is 1. The van der Waals surface area contributed by atoms with Crippen LogP contribution in [-0.2, 0) is 14.4 Å². The normalized spacial score (nSPS) is 34.7. The molecular weight excluding hydrogens is 556 g/mol. The van der Waals surface area contributed by atoms with Crippen LogP contribution in [0.25, 0.3) is 0 Å². The van der Waals surface area contributed by atoms with E-state index in [1.54, 1.807) is 6.92 Å². The van der Waals surface area contributed by atoms with Gasteiger partial charge in [0.2, 0.25) is 17.7 Å². The summed E-state index contributed by atoms with van der Waals surface area (Å²) in [5.41, 5.74) is 2.61. The maximum Gasteiger partial charge on any atom is 0.247 e. The van der Waals surface area contributed by atoms with Gasteiger partial charge < -0.3 is 5.32 Å². The van der Waals surface area contributed by atoms with Crippen LogP contribution in [-0.4, -0.2) is 38.3 Å². The van der Waals surface area contributed by atoms with Crippen LogP contribution < -0.4 is 5.32 Å². The van der Waals surface area contributed by atoms with Crippen LogP contribution >= 0.6 is 47.8 Å². The minimum atomic E-state index is -0.837. The van der Waals surface area contributed by atoms with Crippen molar-refractivity contribution in [2.24, 2.45) is 23.7 Å². The molecule has 1 aromatic carbocycles. The van der Waals surface area contributed by atoms with Crippen molar-refractivity contribution in [3.05, 3.63) is 27.7 Å². The van der Waals surface area contributed by atoms with Gasteiger partial charge in [-0.25, -0.2) is 0 Å². The van der Waals surface area contributed by atoms with Crippen molar-refractivity contribution >= 4 is 71.2 Å². The standard InChI is InChI=1S/C20H21Br3N2O3/c1-7-5-13(8(2)4-12(7)21)24-18(26)9(3)25-19(27)14-10-6-11(15(14)20(25)28)17(23)16(10)22/h4-5,9-11,14-17H,6H2,1-3H3,(H,24,26)/t9-,10+,11+,14+,15+,16-,17+/m1/s1. The fourth-order valence-corrected chi connectivity index (χ4v) is 7.35. The number of aryl methyl sites for hydroxylation is 2. The molecular formula is C20H21Br3N2O3. The first-order valence-electron chi connectivity index (χ1n) is 9.36. The molecule has 1 N–H and O–H groups in total. The Morgan fingerprint density at radius 2 is 1.61 bits per heavy atom.